The fourth-order valence-corrected chi connectivity index (χ4v) is 4.04. The largest absolute Gasteiger partial charge is 0.376 e. The van der Waals surface area contributed by atoms with Crippen LogP contribution in [0.2, 0.25) is 0 Å². The molecule has 0 aromatic carbocycles. The maximum Gasteiger partial charge on any atom is 0.249 e. The number of carbonyl (C=O) groups excluding carboxylic acids is 1. The molecule has 3 unspecified atom stereocenters. The number of nitrogens with zero attached hydrogens (tertiary/aromatic N) is 2. The molecule has 1 aromatic rings. The fraction of sp³-hybridized carbons (Fsp3) is 0.647. The van der Waals surface area contributed by atoms with E-state index >= 15 is 0 Å². The van der Waals surface area contributed by atoms with Crippen molar-refractivity contribution in [2.24, 2.45) is 0 Å². The summed E-state index contributed by atoms with van der Waals surface area (Å²) in [6.07, 6.45) is 7.16. The van der Waals surface area contributed by atoms with Gasteiger partial charge in [-0.15, -0.1) is 0 Å². The van der Waals surface area contributed by atoms with Crippen LogP contribution in [0.25, 0.3) is 0 Å². The summed E-state index contributed by atoms with van der Waals surface area (Å²) in [6.45, 7) is 1.53. The summed E-state index contributed by atoms with van der Waals surface area (Å²) in [6, 6.07) is 4.57. The lowest BCUT2D eigenvalue weighted by atomic mass is 9.98. The van der Waals surface area contributed by atoms with E-state index in [-0.39, 0.29) is 24.7 Å². The topological polar surface area (TPSA) is 51.7 Å². The Labute approximate surface area is 130 Å². The number of hydrogen-bond donors (Lipinski definition) is 0. The third-order valence-electron chi connectivity index (χ3n) is 5.06. The Bertz CT molecular complexity index is 557. The van der Waals surface area contributed by atoms with Crippen molar-refractivity contribution in [3.63, 3.8) is 0 Å². The molecule has 0 saturated carbocycles. The first-order chi connectivity index (χ1) is 10.8. The average Bonchev–Trinajstić information content (AvgIpc) is 3.15. The van der Waals surface area contributed by atoms with Crippen molar-refractivity contribution < 1.29 is 14.3 Å². The first-order valence-electron chi connectivity index (χ1n) is 8.27. The zero-order chi connectivity index (χ0) is 14.9. The molecule has 0 spiro atoms. The van der Waals surface area contributed by atoms with Crippen molar-refractivity contribution in [2.75, 3.05) is 19.8 Å². The van der Waals surface area contributed by atoms with Gasteiger partial charge in [0.1, 0.15) is 6.61 Å². The lowest BCUT2D eigenvalue weighted by Gasteiger charge is -2.35. The summed E-state index contributed by atoms with van der Waals surface area (Å²) in [4.78, 5) is 19.1. The highest BCUT2D eigenvalue weighted by Gasteiger charge is 2.42. The Kier molecular flexibility index (Phi) is 3.84. The highest BCUT2D eigenvalue weighted by Crippen LogP contribution is 2.42. The van der Waals surface area contributed by atoms with Gasteiger partial charge < -0.3 is 14.4 Å². The van der Waals surface area contributed by atoms with Crippen molar-refractivity contribution in [1.29, 1.82) is 0 Å². The number of pyridine rings is 1. The minimum atomic E-state index is 0.111. The molecule has 118 valence electrons. The first kappa shape index (κ1) is 14.2. The average molecular weight is 302 g/mol. The second-order valence-electron chi connectivity index (χ2n) is 6.44. The molecule has 5 nitrogen and oxygen atoms in total. The second-order valence-corrected chi connectivity index (χ2v) is 6.44. The quantitative estimate of drug-likeness (QED) is 0.852. The molecule has 2 saturated heterocycles. The third kappa shape index (κ3) is 2.52. The van der Waals surface area contributed by atoms with E-state index in [0.29, 0.717) is 12.6 Å². The monoisotopic (exact) mass is 302 g/mol. The van der Waals surface area contributed by atoms with Crippen LogP contribution in [0, 0.1) is 0 Å². The van der Waals surface area contributed by atoms with Gasteiger partial charge in [0, 0.05) is 31.0 Å². The van der Waals surface area contributed by atoms with Crippen LogP contribution in [0.15, 0.2) is 18.3 Å². The van der Waals surface area contributed by atoms with Crippen molar-refractivity contribution in [2.45, 2.75) is 50.3 Å². The van der Waals surface area contributed by atoms with Gasteiger partial charge in [0.2, 0.25) is 5.91 Å². The second kappa shape index (κ2) is 5.97. The van der Waals surface area contributed by atoms with Crippen LogP contribution in [-0.2, 0) is 20.7 Å². The van der Waals surface area contributed by atoms with Crippen molar-refractivity contribution in [3.05, 3.63) is 29.6 Å². The van der Waals surface area contributed by atoms with Crippen molar-refractivity contribution in [3.8, 4) is 0 Å². The van der Waals surface area contributed by atoms with Gasteiger partial charge in [0.25, 0.3) is 0 Å². The van der Waals surface area contributed by atoms with E-state index in [1.54, 1.807) is 0 Å². The molecule has 1 aromatic heterocycles. The molecule has 3 aliphatic heterocycles. The van der Waals surface area contributed by atoms with Crippen LogP contribution in [0.5, 0.6) is 0 Å². The van der Waals surface area contributed by atoms with Gasteiger partial charge in [-0.1, -0.05) is 6.07 Å². The Hall–Kier alpha value is -1.46. The number of hydrogen-bond acceptors (Lipinski definition) is 4. The Morgan fingerprint density at radius 2 is 2.36 bits per heavy atom. The van der Waals surface area contributed by atoms with Gasteiger partial charge in [0.15, 0.2) is 0 Å². The minimum Gasteiger partial charge on any atom is -0.376 e. The van der Waals surface area contributed by atoms with E-state index in [1.165, 1.54) is 11.3 Å². The maximum atomic E-state index is 12.6. The van der Waals surface area contributed by atoms with Crippen LogP contribution in [-0.4, -0.2) is 47.8 Å². The Balaban J connectivity index is 1.39. The van der Waals surface area contributed by atoms with Gasteiger partial charge in [-0.05, 0) is 37.3 Å². The molecule has 4 heterocycles. The molecule has 3 atom stereocenters. The van der Waals surface area contributed by atoms with E-state index in [1.807, 2.05) is 17.2 Å². The van der Waals surface area contributed by atoms with E-state index in [0.717, 1.165) is 38.7 Å². The van der Waals surface area contributed by atoms with E-state index in [4.69, 9.17) is 9.47 Å². The zero-order valence-electron chi connectivity index (χ0n) is 12.7. The summed E-state index contributed by atoms with van der Waals surface area (Å²) < 4.78 is 11.1. The number of aromatic nitrogens is 1. The summed E-state index contributed by atoms with van der Waals surface area (Å²) >= 11 is 0. The van der Waals surface area contributed by atoms with Crippen LogP contribution in [0.1, 0.15) is 43.0 Å². The molecule has 0 radical (unpaired) electrons. The van der Waals surface area contributed by atoms with Gasteiger partial charge >= 0.3 is 0 Å². The van der Waals surface area contributed by atoms with Crippen LogP contribution in [0.4, 0.5) is 0 Å². The van der Waals surface area contributed by atoms with E-state index < -0.39 is 0 Å². The first-order valence-corrected chi connectivity index (χ1v) is 8.27. The summed E-state index contributed by atoms with van der Waals surface area (Å²) in [5.41, 5.74) is 2.39. The molecule has 0 N–H and O–H groups in total. The molecular weight excluding hydrogens is 280 g/mol. The fourth-order valence-electron chi connectivity index (χ4n) is 4.04. The number of fused-ring (bicyclic) bond motifs is 4. The zero-order valence-corrected chi connectivity index (χ0v) is 12.7. The predicted octanol–water partition coefficient (Wildman–Crippen LogP) is 1.87. The van der Waals surface area contributed by atoms with Gasteiger partial charge in [-0.25, -0.2) is 0 Å². The van der Waals surface area contributed by atoms with E-state index in [2.05, 4.69) is 11.1 Å². The molecule has 4 rings (SSSR count). The standard InChI is InChI=1S/C17H22N2O3/c20-17(11-21-10-13-3-2-8-22-13)19-12-5-6-16(19)14-4-1-7-18-15(14)9-12/h1,4,7,12-13,16H,2-3,5-6,8-11H2. The molecule has 22 heavy (non-hydrogen) atoms. The molecule has 1 amide bonds. The van der Waals surface area contributed by atoms with Crippen molar-refractivity contribution >= 4 is 5.91 Å². The predicted molar refractivity (Wildman–Crippen MR) is 80.3 cm³/mol. The molecular formula is C17H22N2O3. The minimum absolute atomic E-state index is 0.111. The molecule has 5 heteroatoms. The lowest BCUT2D eigenvalue weighted by molar-refractivity contribution is -0.140. The smallest absolute Gasteiger partial charge is 0.249 e. The molecule has 0 aliphatic carbocycles. The van der Waals surface area contributed by atoms with Gasteiger partial charge in [-0.2, -0.15) is 0 Å². The maximum absolute atomic E-state index is 12.6. The Morgan fingerprint density at radius 3 is 3.23 bits per heavy atom. The molecule has 2 bridgehead atoms. The van der Waals surface area contributed by atoms with Crippen LogP contribution >= 0.6 is 0 Å². The molecule has 2 fully saturated rings. The number of carbonyl (C=O) groups is 1. The number of amides is 1. The van der Waals surface area contributed by atoms with Crippen molar-refractivity contribution in [1.82, 2.24) is 9.88 Å². The lowest BCUT2D eigenvalue weighted by Crippen LogP contribution is -2.44. The van der Waals surface area contributed by atoms with Crippen LogP contribution in [0.3, 0.4) is 0 Å². The van der Waals surface area contributed by atoms with Gasteiger partial charge in [0.05, 0.1) is 18.8 Å². The number of ether oxygens (including phenoxy) is 2. The number of rotatable bonds is 4. The van der Waals surface area contributed by atoms with Crippen LogP contribution < -0.4 is 0 Å². The third-order valence-corrected chi connectivity index (χ3v) is 5.06. The SMILES string of the molecule is O=C(COCC1CCCO1)N1C2CCC1c1cccnc1C2. The summed E-state index contributed by atoms with van der Waals surface area (Å²) in [5.74, 6) is 0.111. The highest BCUT2D eigenvalue weighted by atomic mass is 16.5. The Morgan fingerprint density at radius 1 is 1.41 bits per heavy atom. The van der Waals surface area contributed by atoms with E-state index in [9.17, 15) is 4.79 Å². The normalized spacial score (nSPS) is 29.6. The molecule has 3 aliphatic rings. The van der Waals surface area contributed by atoms with Gasteiger partial charge in [-0.3, -0.25) is 9.78 Å². The highest BCUT2D eigenvalue weighted by molar-refractivity contribution is 5.79. The summed E-state index contributed by atoms with van der Waals surface area (Å²) in [5, 5.41) is 0. The summed E-state index contributed by atoms with van der Waals surface area (Å²) in [7, 11) is 0.